The van der Waals surface area contributed by atoms with Crippen molar-refractivity contribution in [1.29, 1.82) is 0 Å². The Kier molecular flexibility index (Phi) is 4.92. The maximum Gasteiger partial charge on any atom is 0.123 e. The van der Waals surface area contributed by atoms with Crippen molar-refractivity contribution < 1.29 is 4.74 Å². The number of nitrogens with one attached hydrogen (secondary N) is 1. The quantitative estimate of drug-likeness (QED) is 0.617. The van der Waals surface area contributed by atoms with Gasteiger partial charge in [0.15, 0.2) is 0 Å². The highest BCUT2D eigenvalue weighted by Gasteiger charge is 2.06. The predicted molar refractivity (Wildman–Crippen MR) is 64.6 cm³/mol. The fraction of sp³-hybridized carbons (Fsp3) is 0.500. The van der Waals surface area contributed by atoms with E-state index in [4.69, 9.17) is 16.3 Å². The topological polar surface area (TPSA) is 21.3 Å². The summed E-state index contributed by atoms with van der Waals surface area (Å²) in [5, 5.41) is 3.09. The third kappa shape index (κ3) is 3.40. The molecule has 0 atom stereocenters. The first kappa shape index (κ1) is 12.3. The Bertz CT molecular complexity index is 312. The van der Waals surface area contributed by atoms with E-state index in [1.807, 2.05) is 6.07 Å². The van der Waals surface area contributed by atoms with Crippen LogP contribution in [0.4, 0.5) is 0 Å². The molecule has 1 aromatic carbocycles. The molecule has 0 aliphatic rings. The Hall–Kier alpha value is -0.730. The maximum atomic E-state index is 5.60. The van der Waals surface area contributed by atoms with Gasteiger partial charge in [-0.3, -0.25) is 5.32 Å². The summed E-state index contributed by atoms with van der Waals surface area (Å²) in [7, 11) is 1.69. The molecule has 0 bridgehead atoms. The average molecular weight is 228 g/mol. The molecule has 1 N–H and O–H groups in total. The van der Waals surface area contributed by atoms with E-state index >= 15 is 0 Å². The number of hydrogen-bond acceptors (Lipinski definition) is 2. The van der Waals surface area contributed by atoms with Crippen LogP contribution in [0.15, 0.2) is 18.2 Å². The van der Waals surface area contributed by atoms with Gasteiger partial charge in [-0.15, -0.1) is 11.6 Å². The summed E-state index contributed by atoms with van der Waals surface area (Å²) in [6, 6.07) is 6.74. The van der Waals surface area contributed by atoms with Gasteiger partial charge >= 0.3 is 0 Å². The van der Waals surface area contributed by atoms with Crippen molar-refractivity contribution >= 4 is 11.6 Å². The molecule has 0 aliphatic heterocycles. The Morgan fingerprint density at radius 2 is 2.13 bits per heavy atom. The molecule has 2 nitrogen and oxygen atoms in total. The van der Waals surface area contributed by atoms with Crippen LogP contribution in [0.5, 0.6) is 5.75 Å². The van der Waals surface area contributed by atoms with E-state index in [1.165, 1.54) is 5.56 Å². The summed E-state index contributed by atoms with van der Waals surface area (Å²) < 4.78 is 5.29. The molecule has 0 amide bonds. The lowest BCUT2D eigenvalue weighted by atomic mass is 10.0. The Morgan fingerprint density at radius 1 is 1.40 bits per heavy atom. The van der Waals surface area contributed by atoms with Crippen molar-refractivity contribution in [2.75, 3.05) is 13.1 Å². The largest absolute Gasteiger partial charge is 0.496 e. The number of benzene rings is 1. The highest BCUT2D eigenvalue weighted by Crippen LogP contribution is 2.23. The lowest BCUT2D eigenvalue weighted by Gasteiger charge is -2.12. The second-order valence-electron chi connectivity index (χ2n) is 3.79. The van der Waals surface area contributed by atoms with Crippen LogP contribution in [0.25, 0.3) is 0 Å². The summed E-state index contributed by atoms with van der Waals surface area (Å²) >= 11 is 5.60. The van der Waals surface area contributed by atoms with Gasteiger partial charge in [0.2, 0.25) is 0 Å². The number of methoxy groups -OCH3 is 1. The smallest absolute Gasteiger partial charge is 0.123 e. The minimum Gasteiger partial charge on any atom is -0.496 e. The number of halogens is 1. The van der Waals surface area contributed by atoms with Crippen molar-refractivity contribution in [3.8, 4) is 5.75 Å². The molecule has 0 saturated carbocycles. The highest BCUT2D eigenvalue weighted by molar-refractivity contribution is 6.17. The predicted octanol–water partition coefficient (Wildman–Crippen LogP) is 3.10. The lowest BCUT2D eigenvalue weighted by Crippen LogP contribution is -2.11. The molecule has 1 aromatic rings. The molecule has 0 aromatic heterocycles. The molecular formula is C12H18ClNO. The van der Waals surface area contributed by atoms with Crippen LogP contribution in [-0.2, 0) is 6.54 Å². The third-order valence-corrected chi connectivity index (χ3v) is 2.57. The summed E-state index contributed by atoms with van der Waals surface area (Å²) in [5.74, 6) is 1.45. The second kappa shape index (κ2) is 5.99. The lowest BCUT2D eigenvalue weighted by molar-refractivity contribution is 0.408. The molecule has 3 heteroatoms. The van der Waals surface area contributed by atoms with Gasteiger partial charge < -0.3 is 4.74 Å². The third-order valence-electron chi connectivity index (χ3n) is 2.38. The Balaban J connectivity index is 2.91. The number of ether oxygens (including phenoxy) is 1. The molecule has 1 rings (SSSR count). The van der Waals surface area contributed by atoms with Crippen molar-refractivity contribution in [2.24, 2.45) is 0 Å². The standard InChI is InChI=1S/C12H18ClNO/c1-9(2)10-4-5-12(15-3)11(6-10)7-14-8-13/h4-6,9,14H,7-8H2,1-3H3. The SMILES string of the molecule is COc1ccc(C(C)C)cc1CNCCl. The minimum absolute atomic E-state index is 0.453. The van der Waals surface area contributed by atoms with Crippen LogP contribution in [0.2, 0.25) is 0 Å². The first-order valence-corrected chi connectivity index (χ1v) is 5.66. The van der Waals surface area contributed by atoms with Gasteiger partial charge in [0, 0.05) is 12.1 Å². The van der Waals surface area contributed by atoms with Crippen molar-refractivity contribution in [1.82, 2.24) is 5.32 Å². The van der Waals surface area contributed by atoms with Gasteiger partial charge in [-0.05, 0) is 17.5 Å². The monoisotopic (exact) mass is 227 g/mol. The van der Waals surface area contributed by atoms with Gasteiger partial charge in [-0.1, -0.05) is 26.0 Å². The molecule has 0 unspecified atom stereocenters. The fourth-order valence-electron chi connectivity index (χ4n) is 1.48. The van der Waals surface area contributed by atoms with E-state index in [-0.39, 0.29) is 0 Å². The van der Waals surface area contributed by atoms with Gasteiger partial charge in [0.25, 0.3) is 0 Å². The van der Waals surface area contributed by atoms with Crippen LogP contribution < -0.4 is 10.1 Å². The molecule has 0 radical (unpaired) electrons. The zero-order chi connectivity index (χ0) is 11.3. The molecule has 0 fully saturated rings. The summed E-state index contributed by atoms with van der Waals surface area (Å²) in [5.41, 5.74) is 2.48. The first-order chi connectivity index (χ1) is 7.19. The molecule has 84 valence electrons. The van der Waals surface area contributed by atoms with Gasteiger partial charge in [0.1, 0.15) is 5.75 Å². The molecule has 0 spiro atoms. The van der Waals surface area contributed by atoms with Crippen LogP contribution in [-0.4, -0.2) is 13.1 Å². The van der Waals surface area contributed by atoms with E-state index in [1.54, 1.807) is 7.11 Å². The molecule has 0 aliphatic carbocycles. The van der Waals surface area contributed by atoms with Crippen LogP contribution >= 0.6 is 11.6 Å². The fourth-order valence-corrected chi connectivity index (χ4v) is 1.57. The summed E-state index contributed by atoms with van der Waals surface area (Å²) in [6.45, 7) is 5.11. The Morgan fingerprint density at radius 3 is 2.67 bits per heavy atom. The summed E-state index contributed by atoms with van der Waals surface area (Å²) in [6.07, 6.45) is 0. The van der Waals surface area contributed by atoms with E-state index in [0.29, 0.717) is 11.9 Å². The van der Waals surface area contributed by atoms with E-state index in [0.717, 1.165) is 17.9 Å². The van der Waals surface area contributed by atoms with Crippen LogP contribution in [0, 0.1) is 0 Å². The highest BCUT2D eigenvalue weighted by atomic mass is 35.5. The van der Waals surface area contributed by atoms with E-state index in [2.05, 4.69) is 31.3 Å². The van der Waals surface area contributed by atoms with Crippen molar-refractivity contribution in [2.45, 2.75) is 26.3 Å². The molecule has 0 heterocycles. The van der Waals surface area contributed by atoms with Crippen LogP contribution in [0.1, 0.15) is 30.9 Å². The number of rotatable bonds is 5. The van der Waals surface area contributed by atoms with Gasteiger partial charge in [-0.2, -0.15) is 0 Å². The normalized spacial score (nSPS) is 10.7. The molecular weight excluding hydrogens is 210 g/mol. The minimum atomic E-state index is 0.453. The molecule has 0 saturated heterocycles. The van der Waals surface area contributed by atoms with Crippen molar-refractivity contribution in [3.05, 3.63) is 29.3 Å². The van der Waals surface area contributed by atoms with E-state index < -0.39 is 0 Å². The number of hydrogen-bond donors (Lipinski definition) is 1. The van der Waals surface area contributed by atoms with Crippen molar-refractivity contribution in [3.63, 3.8) is 0 Å². The average Bonchev–Trinajstić information content (AvgIpc) is 2.25. The second-order valence-corrected chi connectivity index (χ2v) is 4.05. The summed E-state index contributed by atoms with van der Waals surface area (Å²) in [4.78, 5) is 0. The van der Waals surface area contributed by atoms with Gasteiger partial charge in [0.05, 0.1) is 13.1 Å². The Labute approximate surface area is 96.6 Å². The van der Waals surface area contributed by atoms with Gasteiger partial charge in [-0.25, -0.2) is 0 Å². The first-order valence-electron chi connectivity index (χ1n) is 5.12. The zero-order valence-electron chi connectivity index (χ0n) is 9.51. The zero-order valence-corrected chi connectivity index (χ0v) is 10.3. The molecule has 15 heavy (non-hydrogen) atoms. The van der Waals surface area contributed by atoms with E-state index in [9.17, 15) is 0 Å². The maximum absolute atomic E-state index is 5.60. The number of alkyl halides is 1. The van der Waals surface area contributed by atoms with Crippen LogP contribution in [0.3, 0.4) is 0 Å².